The lowest BCUT2D eigenvalue weighted by molar-refractivity contribution is 0.108. The molecular formula is C14H29N3. The summed E-state index contributed by atoms with van der Waals surface area (Å²) >= 11 is 0. The molecule has 0 aromatic heterocycles. The van der Waals surface area contributed by atoms with Gasteiger partial charge in [-0.3, -0.25) is 0 Å². The molecule has 3 atom stereocenters. The van der Waals surface area contributed by atoms with Crippen molar-refractivity contribution in [3.8, 4) is 0 Å². The topological polar surface area (TPSA) is 18.5 Å². The van der Waals surface area contributed by atoms with Crippen molar-refractivity contribution < 1.29 is 0 Å². The van der Waals surface area contributed by atoms with Gasteiger partial charge in [0.1, 0.15) is 0 Å². The highest BCUT2D eigenvalue weighted by Crippen LogP contribution is 2.20. The Kier molecular flexibility index (Phi) is 4.83. The van der Waals surface area contributed by atoms with Gasteiger partial charge in [0.15, 0.2) is 0 Å². The van der Waals surface area contributed by atoms with Crippen molar-refractivity contribution >= 4 is 0 Å². The average Bonchev–Trinajstić information content (AvgIpc) is 2.29. The number of likely N-dealkylation sites (tertiary alicyclic amines) is 1. The Hall–Kier alpha value is -0.120. The van der Waals surface area contributed by atoms with Crippen molar-refractivity contribution in [2.24, 2.45) is 5.92 Å². The summed E-state index contributed by atoms with van der Waals surface area (Å²) in [6.07, 6.45) is 5.49. The van der Waals surface area contributed by atoms with Gasteiger partial charge in [-0.15, -0.1) is 0 Å². The van der Waals surface area contributed by atoms with Gasteiger partial charge in [-0.2, -0.15) is 0 Å². The van der Waals surface area contributed by atoms with Gasteiger partial charge < -0.3 is 15.1 Å². The van der Waals surface area contributed by atoms with Gasteiger partial charge in [0.25, 0.3) is 0 Å². The Morgan fingerprint density at radius 3 is 2.82 bits per heavy atom. The molecule has 0 aromatic rings. The van der Waals surface area contributed by atoms with Crippen LogP contribution in [-0.2, 0) is 0 Å². The Balaban J connectivity index is 1.78. The zero-order valence-corrected chi connectivity index (χ0v) is 11.8. The number of nitrogens with one attached hydrogen (secondary N) is 1. The van der Waals surface area contributed by atoms with E-state index in [1.165, 1.54) is 51.9 Å². The third kappa shape index (κ3) is 3.94. The lowest BCUT2D eigenvalue weighted by Gasteiger charge is -2.39. The van der Waals surface area contributed by atoms with Crippen molar-refractivity contribution in [1.82, 2.24) is 15.1 Å². The van der Waals surface area contributed by atoms with Crippen molar-refractivity contribution in [2.75, 3.05) is 40.3 Å². The zero-order chi connectivity index (χ0) is 12.3. The van der Waals surface area contributed by atoms with Crippen LogP contribution in [0.3, 0.4) is 0 Å². The first-order valence-electron chi connectivity index (χ1n) is 7.27. The molecular weight excluding hydrogens is 210 g/mol. The van der Waals surface area contributed by atoms with E-state index >= 15 is 0 Å². The second-order valence-corrected chi connectivity index (χ2v) is 6.26. The summed E-state index contributed by atoms with van der Waals surface area (Å²) in [5.41, 5.74) is 0. The molecule has 17 heavy (non-hydrogen) atoms. The maximum atomic E-state index is 3.55. The van der Waals surface area contributed by atoms with Gasteiger partial charge in [-0.25, -0.2) is 0 Å². The number of hydrogen-bond acceptors (Lipinski definition) is 3. The second kappa shape index (κ2) is 6.17. The highest BCUT2D eigenvalue weighted by atomic mass is 15.2. The third-order valence-corrected chi connectivity index (χ3v) is 4.46. The minimum atomic E-state index is 0.725. The molecule has 2 rings (SSSR count). The van der Waals surface area contributed by atoms with Crippen LogP contribution in [-0.4, -0.2) is 62.2 Å². The maximum absolute atomic E-state index is 3.55. The van der Waals surface area contributed by atoms with Gasteiger partial charge in [-0.1, -0.05) is 0 Å². The SMILES string of the molecule is CC1CC(CN2CCCC(N(C)C)C2)CCN1. The Morgan fingerprint density at radius 1 is 1.29 bits per heavy atom. The molecule has 2 aliphatic heterocycles. The normalized spacial score (nSPS) is 36.4. The quantitative estimate of drug-likeness (QED) is 0.803. The van der Waals surface area contributed by atoms with Gasteiger partial charge in [0.2, 0.25) is 0 Å². The number of nitrogens with zero attached hydrogens (tertiary/aromatic N) is 2. The molecule has 0 aromatic carbocycles. The van der Waals surface area contributed by atoms with Crippen LogP contribution in [0.5, 0.6) is 0 Å². The number of rotatable bonds is 3. The van der Waals surface area contributed by atoms with Crippen molar-refractivity contribution in [1.29, 1.82) is 0 Å². The zero-order valence-electron chi connectivity index (χ0n) is 11.8. The Morgan fingerprint density at radius 2 is 2.12 bits per heavy atom. The lowest BCUT2D eigenvalue weighted by Crippen LogP contribution is -2.48. The molecule has 3 heteroatoms. The van der Waals surface area contributed by atoms with Crippen LogP contribution < -0.4 is 5.32 Å². The summed E-state index contributed by atoms with van der Waals surface area (Å²) in [5.74, 6) is 0.923. The van der Waals surface area contributed by atoms with E-state index in [9.17, 15) is 0 Å². The van der Waals surface area contributed by atoms with E-state index < -0.39 is 0 Å². The summed E-state index contributed by atoms with van der Waals surface area (Å²) in [4.78, 5) is 5.11. The Bertz CT molecular complexity index is 230. The summed E-state index contributed by atoms with van der Waals surface area (Å²) in [6, 6.07) is 1.51. The predicted molar refractivity (Wildman–Crippen MR) is 73.3 cm³/mol. The molecule has 0 amide bonds. The molecule has 100 valence electrons. The van der Waals surface area contributed by atoms with Crippen LogP contribution in [0.1, 0.15) is 32.6 Å². The highest BCUT2D eigenvalue weighted by Gasteiger charge is 2.25. The van der Waals surface area contributed by atoms with E-state index in [1.54, 1.807) is 0 Å². The number of likely N-dealkylation sites (N-methyl/N-ethyl adjacent to an activating group) is 1. The molecule has 2 saturated heterocycles. The standard InChI is InChI=1S/C14H29N3/c1-12-9-13(6-7-15-12)10-17-8-4-5-14(11-17)16(2)3/h12-15H,4-11H2,1-3H3. The highest BCUT2D eigenvalue weighted by molar-refractivity contribution is 4.82. The van der Waals surface area contributed by atoms with Gasteiger partial charge in [-0.05, 0) is 65.7 Å². The first-order chi connectivity index (χ1) is 8.15. The minimum absolute atomic E-state index is 0.725. The van der Waals surface area contributed by atoms with E-state index in [4.69, 9.17) is 0 Å². The van der Waals surface area contributed by atoms with Crippen LogP contribution in [0.15, 0.2) is 0 Å². The van der Waals surface area contributed by atoms with Crippen LogP contribution in [0.4, 0.5) is 0 Å². The third-order valence-electron chi connectivity index (χ3n) is 4.46. The smallest absolute Gasteiger partial charge is 0.0217 e. The van der Waals surface area contributed by atoms with E-state index in [0.29, 0.717) is 0 Å². The van der Waals surface area contributed by atoms with Gasteiger partial charge >= 0.3 is 0 Å². The molecule has 3 nitrogen and oxygen atoms in total. The summed E-state index contributed by atoms with van der Waals surface area (Å²) in [7, 11) is 4.45. The monoisotopic (exact) mass is 239 g/mol. The fourth-order valence-corrected chi connectivity index (χ4v) is 3.38. The van der Waals surface area contributed by atoms with Crippen LogP contribution in [0.2, 0.25) is 0 Å². The van der Waals surface area contributed by atoms with Crippen molar-refractivity contribution in [2.45, 2.75) is 44.7 Å². The summed E-state index contributed by atoms with van der Waals surface area (Å²) in [6.45, 7) is 7.48. The van der Waals surface area contributed by atoms with Gasteiger partial charge in [0, 0.05) is 25.2 Å². The van der Waals surface area contributed by atoms with Gasteiger partial charge in [0.05, 0.1) is 0 Å². The van der Waals surface area contributed by atoms with E-state index in [2.05, 4.69) is 36.1 Å². The number of hydrogen-bond donors (Lipinski definition) is 1. The van der Waals surface area contributed by atoms with E-state index in [0.717, 1.165) is 18.0 Å². The fraction of sp³-hybridized carbons (Fsp3) is 1.00. The molecule has 1 N–H and O–H groups in total. The van der Waals surface area contributed by atoms with E-state index in [1.807, 2.05) is 0 Å². The average molecular weight is 239 g/mol. The molecule has 0 bridgehead atoms. The van der Waals surface area contributed by atoms with Crippen LogP contribution >= 0.6 is 0 Å². The second-order valence-electron chi connectivity index (χ2n) is 6.26. The number of piperidine rings is 2. The largest absolute Gasteiger partial charge is 0.314 e. The maximum Gasteiger partial charge on any atom is 0.0217 e. The first kappa shape index (κ1) is 13.3. The van der Waals surface area contributed by atoms with Crippen molar-refractivity contribution in [3.05, 3.63) is 0 Å². The van der Waals surface area contributed by atoms with Crippen molar-refractivity contribution in [3.63, 3.8) is 0 Å². The molecule has 0 radical (unpaired) electrons. The lowest BCUT2D eigenvalue weighted by atomic mass is 9.92. The molecule has 0 spiro atoms. The molecule has 2 aliphatic rings. The summed E-state index contributed by atoms with van der Waals surface area (Å²) < 4.78 is 0. The molecule has 2 fully saturated rings. The molecule has 0 saturated carbocycles. The fourth-order valence-electron chi connectivity index (χ4n) is 3.38. The van der Waals surface area contributed by atoms with Crippen LogP contribution in [0, 0.1) is 5.92 Å². The Labute approximate surface area is 107 Å². The molecule has 0 aliphatic carbocycles. The van der Waals surface area contributed by atoms with E-state index in [-0.39, 0.29) is 0 Å². The molecule has 2 heterocycles. The minimum Gasteiger partial charge on any atom is -0.314 e. The predicted octanol–water partition coefficient (Wildman–Crippen LogP) is 1.40. The van der Waals surface area contributed by atoms with Crippen LogP contribution in [0.25, 0.3) is 0 Å². The first-order valence-corrected chi connectivity index (χ1v) is 7.27. The summed E-state index contributed by atoms with van der Waals surface area (Å²) in [5, 5.41) is 3.55. The molecule has 3 unspecified atom stereocenters.